The van der Waals surface area contributed by atoms with E-state index in [4.69, 9.17) is 16.7 Å². The molecule has 0 radical (unpaired) electrons. The molecule has 24 heavy (non-hydrogen) atoms. The highest BCUT2D eigenvalue weighted by molar-refractivity contribution is 6.30. The molecule has 8 heteroatoms. The lowest BCUT2D eigenvalue weighted by Gasteiger charge is -2.32. The lowest BCUT2D eigenvalue weighted by Crippen LogP contribution is -2.35. The summed E-state index contributed by atoms with van der Waals surface area (Å²) in [5.74, 6) is -0.582. The Bertz CT molecular complexity index is 739. The van der Waals surface area contributed by atoms with E-state index in [1.807, 2.05) is 20.0 Å². The number of likely N-dealkylation sites (tertiary alicyclic amines) is 1. The number of carbonyl (C=O) groups is 1. The average molecular weight is 352 g/mol. The molecule has 3 rings (SSSR count). The van der Waals surface area contributed by atoms with E-state index in [0.29, 0.717) is 5.15 Å². The largest absolute Gasteiger partial charge is 0.480 e. The number of carboxylic acids is 1. The molecule has 0 bridgehead atoms. The molecule has 0 spiro atoms. The third-order valence-corrected chi connectivity index (χ3v) is 5.08. The number of nitrogens with zero attached hydrogens (tertiary/aromatic N) is 5. The molecule has 130 valence electrons. The summed E-state index contributed by atoms with van der Waals surface area (Å²) in [6.07, 6.45) is 3.79. The van der Waals surface area contributed by atoms with Crippen LogP contribution in [0.3, 0.4) is 0 Å². The molecule has 1 saturated heterocycles. The second-order valence-electron chi connectivity index (χ2n) is 6.36. The van der Waals surface area contributed by atoms with E-state index in [-0.39, 0.29) is 12.5 Å². The van der Waals surface area contributed by atoms with Gasteiger partial charge in [-0.3, -0.25) is 19.1 Å². The Hall–Kier alpha value is -1.86. The Labute approximate surface area is 145 Å². The molecule has 2 aromatic heterocycles. The predicted octanol–water partition coefficient (Wildman–Crippen LogP) is 2.04. The number of hydrogen-bond donors (Lipinski definition) is 1. The van der Waals surface area contributed by atoms with Crippen molar-refractivity contribution in [3.05, 3.63) is 34.4 Å². The van der Waals surface area contributed by atoms with Gasteiger partial charge in [0.15, 0.2) is 0 Å². The van der Waals surface area contributed by atoms with Gasteiger partial charge in [-0.25, -0.2) is 0 Å². The summed E-state index contributed by atoms with van der Waals surface area (Å²) in [6, 6.07) is 1.93. The van der Waals surface area contributed by atoms with Gasteiger partial charge in [-0.1, -0.05) is 11.6 Å². The Balaban J connectivity index is 1.73. The first-order valence-corrected chi connectivity index (χ1v) is 8.47. The minimum Gasteiger partial charge on any atom is -0.480 e. The summed E-state index contributed by atoms with van der Waals surface area (Å²) in [5, 5.41) is 18.2. The molecule has 0 unspecified atom stereocenters. The van der Waals surface area contributed by atoms with Crippen molar-refractivity contribution in [3.8, 4) is 0 Å². The van der Waals surface area contributed by atoms with Crippen LogP contribution in [0.2, 0.25) is 5.15 Å². The van der Waals surface area contributed by atoms with Crippen molar-refractivity contribution in [1.82, 2.24) is 24.5 Å². The zero-order chi connectivity index (χ0) is 17.3. The summed E-state index contributed by atoms with van der Waals surface area (Å²) >= 11 is 6.35. The van der Waals surface area contributed by atoms with Gasteiger partial charge in [-0.15, -0.1) is 0 Å². The normalized spacial score (nSPS) is 18.9. The molecule has 7 nitrogen and oxygen atoms in total. The summed E-state index contributed by atoms with van der Waals surface area (Å²) < 4.78 is 3.30. The molecule has 0 saturated carbocycles. The Kier molecular flexibility index (Phi) is 4.91. The summed E-state index contributed by atoms with van der Waals surface area (Å²) in [5.41, 5.74) is 3.02. The van der Waals surface area contributed by atoms with Crippen molar-refractivity contribution in [2.24, 2.45) is 7.05 Å². The number of aromatic nitrogens is 4. The van der Waals surface area contributed by atoms with Crippen molar-refractivity contribution in [2.75, 3.05) is 13.1 Å². The van der Waals surface area contributed by atoms with Gasteiger partial charge in [0.05, 0.1) is 5.69 Å². The highest BCUT2D eigenvalue weighted by Gasteiger charge is 2.26. The van der Waals surface area contributed by atoms with Gasteiger partial charge in [0.1, 0.15) is 11.7 Å². The molecule has 1 aliphatic rings. The van der Waals surface area contributed by atoms with Crippen molar-refractivity contribution < 1.29 is 9.90 Å². The van der Waals surface area contributed by atoms with Crippen LogP contribution >= 0.6 is 11.6 Å². The van der Waals surface area contributed by atoms with Crippen LogP contribution in [-0.4, -0.2) is 48.6 Å². The highest BCUT2D eigenvalue weighted by Crippen LogP contribution is 2.29. The zero-order valence-corrected chi connectivity index (χ0v) is 14.7. The van der Waals surface area contributed by atoms with Crippen LogP contribution in [0.15, 0.2) is 12.3 Å². The second-order valence-corrected chi connectivity index (χ2v) is 6.72. The van der Waals surface area contributed by atoms with E-state index in [1.165, 1.54) is 0 Å². The average Bonchev–Trinajstić information content (AvgIpc) is 3.07. The first-order chi connectivity index (χ1) is 11.5. The second kappa shape index (κ2) is 6.94. The van der Waals surface area contributed by atoms with Gasteiger partial charge >= 0.3 is 5.97 Å². The Morgan fingerprint density at radius 1 is 1.50 bits per heavy atom. The zero-order valence-electron chi connectivity index (χ0n) is 13.9. The minimum atomic E-state index is -0.870. The van der Waals surface area contributed by atoms with Crippen LogP contribution in [0.25, 0.3) is 0 Å². The fourth-order valence-electron chi connectivity index (χ4n) is 3.47. The minimum absolute atomic E-state index is 0.0909. The van der Waals surface area contributed by atoms with Crippen LogP contribution in [0.1, 0.15) is 35.7 Å². The third kappa shape index (κ3) is 3.47. The van der Waals surface area contributed by atoms with Crippen molar-refractivity contribution in [1.29, 1.82) is 0 Å². The summed E-state index contributed by atoms with van der Waals surface area (Å²) in [4.78, 5) is 13.4. The lowest BCUT2D eigenvalue weighted by molar-refractivity contribution is -0.137. The maximum absolute atomic E-state index is 11.0. The van der Waals surface area contributed by atoms with Crippen molar-refractivity contribution in [2.45, 2.75) is 38.8 Å². The van der Waals surface area contributed by atoms with E-state index >= 15 is 0 Å². The van der Waals surface area contributed by atoms with Crippen LogP contribution in [-0.2, 0) is 24.9 Å². The molecule has 1 fully saturated rings. The molecule has 1 atom stereocenters. The van der Waals surface area contributed by atoms with E-state index in [0.717, 1.165) is 49.4 Å². The molecule has 1 aliphatic heterocycles. The number of aliphatic carboxylic acids is 1. The molecule has 2 aromatic rings. The maximum atomic E-state index is 11.0. The Morgan fingerprint density at radius 3 is 2.96 bits per heavy atom. The standard InChI is InChI=1S/C16H22ClN5O2/c1-11-13(16(17)20(2)19-11)9-21-7-3-4-12(8-21)14-5-6-18-22(14)10-15(23)24/h5-6,12H,3-4,7-10H2,1-2H3,(H,23,24)/t12-/m1/s1. The molecule has 0 aliphatic carbocycles. The van der Waals surface area contributed by atoms with Crippen molar-refractivity contribution in [3.63, 3.8) is 0 Å². The molecule has 3 heterocycles. The number of rotatable bonds is 5. The molecular weight excluding hydrogens is 330 g/mol. The summed E-state index contributed by atoms with van der Waals surface area (Å²) in [6.45, 7) is 4.53. The molecule has 0 amide bonds. The quantitative estimate of drug-likeness (QED) is 0.892. The van der Waals surface area contributed by atoms with E-state index in [9.17, 15) is 4.79 Å². The summed E-state index contributed by atoms with van der Waals surface area (Å²) in [7, 11) is 1.85. The number of halogens is 1. The van der Waals surface area contributed by atoms with Gasteiger partial charge < -0.3 is 5.11 Å². The van der Waals surface area contributed by atoms with E-state index in [2.05, 4.69) is 15.1 Å². The van der Waals surface area contributed by atoms with E-state index < -0.39 is 5.97 Å². The molecular formula is C16H22ClN5O2. The van der Waals surface area contributed by atoms with Crippen molar-refractivity contribution >= 4 is 17.6 Å². The van der Waals surface area contributed by atoms with Gasteiger partial charge in [-0.05, 0) is 32.4 Å². The van der Waals surface area contributed by atoms with Crippen LogP contribution in [0, 0.1) is 6.92 Å². The third-order valence-electron chi connectivity index (χ3n) is 4.61. The maximum Gasteiger partial charge on any atom is 0.325 e. The highest BCUT2D eigenvalue weighted by atomic mass is 35.5. The van der Waals surface area contributed by atoms with Gasteiger partial charge in [0.2, 0.25) is 0 Å². The van der Waals surface area contributed by atoms with E-state index in [1.54, 1.807) is 15.6 Å². The van der Waals surface area contributed by atoms with Gasteiger partial charge in [-0.2, -0.15) is 10.2 Å². The molecule has 1 N–H and O–H groups in total. The van der Waals surface area contributed by atoms with Crippen LogP contribution in [0.5, 0.6) is 0 Å². The molecule has 0 aromatic carbocycles. The predicted molar refractivity (Wildman–Crippen MR) is 90.1 cm³/mol. The SMILES string of the molecule is Cc1nn(C)c(Cl)c1CN1CCC[C@@H](c2ccnn2CC(=O)O)C1. The van der Waals surface area contributed by atoms with Gasteiger partial charge in [0.25, 0.3) is 0 Å². The first-order valence-electron chi connectivity index (χ1n) is 8.09. The first kappa shape index (κ1) is 17.0. The van der Waals surface area contributed by atoms with Gasteiger partial charge in [0, 0.05) is 43.5 Å². The van der Waals surface area contributed by atoms with Crippen LogP contribution in [0.4, 0.5) is 0 Å². The number of piperidine rings is 1. The van der Waals surface area contributed by atoms with Crippen LogP contribution < -0.4 is 0 Å². The fourth-order valence-corrected chi connectivity index (χ4v) is 3.70. The smallest absolute Gasteiger partial charge is 0.325 e. The number of hydrogen-bond acceptors (Lipinski definition) is 4. The fraction of sp³-hybridized carbons (Fsp3) is 0.562. The monoisotopic (exact) mass is 351 g/mol. The number of carboxylic acid groups (broad SMARTS) is 1. The number of aryl methyl sites for hydroxylation is 2. The topological polar surface area (TPSA) is 76.2 Å². The Morgan fingerprint density at radius 2 is 2.29 bits per heavy atom. The lowest BCUT2D eigenvalue weighted by atomic mass is 9.94.